The summed E-state index contributed by atoms with van der Waals surface area (Å²) < 4.78 is 0. The fourth-order valence-corrected chi connectivity index (χ4v) is 2.93. The molecule has 0 aromatic heterocycles. The van der Waals surface area contributed by atoms with Gasteiger partial charge >= 0.3 is 0 Å². The summed E-state index contributed by atoms with van der Waals surface area (Å²) >= 11 is 0. The Bertz CT molecular complexity index is 356. The molecule has 0 heterocycles. The summed E-state index contributed by atoms with van der Waals surface area (Å²) in [6.45, 7) is 4.44. The van der Waals surface area contributed by atoms with Crippen molar-refractivity contribution in [2.75, 3.05) is 7.05 Å². The van der Waals surface area contributed by atoms with Gasteiger partial charge in [0.2, 0.25) is 0 Å². The van der Waals surface area contributed by atoms with Crippen molar-refractivity contribution in [1.82, 2.24) is 5.32 Å². The highest BCUT2D eigenvalue weighted by molar-refractivity contribution is 5.33. The highest BCUT2D eigenvalue weighted by Crippen LogP contribution is 2.34. The molecule has 1 aliphatic carbocycles. The molecule has 2 atom stereocenters. The van der Waals surface area contributed by atoms with E-state index in [0.717, 1.165) is 12.0 Å². The zero-order valence-electron chi connectivity index (χ0n) is 10.7. The molecule has 1 aromatic carbocycles. The number of hydrogen-bond acceptors (Lipinski definition) is 1. The van der Waals surface area contributed by atoms with Gasteiger partial charge in [0.25, 0.3) is 0 Å². The summed E-state index contributed by atoms with van der Waals surface area (Å²) in [5.74, 6) is 0.770. The third kappa shape index (κ3) is 2.46. The lowest BCUT2D eigenvalue weighted by Crippen LogP contribution is -2.30. The van der Waals surface area contributed by atoms with Gasteiger partial charge in [0, 0.05) is 6.04 Å². The molecule has 1 saturated carbocycles. The maximum Gasteiger partial charge on any atom is 0.00698 e. The zero-order valence-corrected chi connectivity index (χ0v) is 10.7. The van der Waals surface area contributed by atoms with Crippen LogP contribution in [0.5, 0.6) is 0 Å². The number of nitrogens with one attached hydrogen (secondary N) is 1. The van der Waals surface area contributed by atoms with Crippen LogP contribution >= 0.6 is 0 Å². The molecule has 88 valence electrons. The lowest BCUT2D eigenvalue weighted by molar-refractivity contribution is 0.355. The third-order valence-electron chi connectivity index (χ3n) is 3.96. The minimum atomic E-state index is 0.721. The van der Waals surface area contributed by atoms with Gasteiger partial charge in [-0.15, -0.1) is 0 Å². The van der Waals surface area contributed by atoms with Crippen LogP contribution in [0.3, 0.4) is 0 Å². The molecule has 1 aromatic rings. The van der Waals surface area contributed by atoms with E-state index in [2.05, 4.69) is 44.4 Å². The van der Waals surface area contributed by atoms with E-state index in [4.69, 9.17) is 0 Å². The second kappa shape index (κ2) is 5.01. The van der Waals surface area contributed by atoms with Crippen molar-refractivity contribution < 1.29 is 0 Å². The van der Waals surface area contributed by atoms with Crippen molar-refractivity contribution in [2.45, 2.75) is 51.5 Å². The average Bonchev–Trinajstić information content (AvgIpc) is 2.32. The minimum Gasteiger partial charge on any atom is -0.317 e. The lowest BCUT2D eigenvalue weighted by atomic mass is 9.79. The van der Waals surface area contributed by atoms with Crippen molar-refractivity contribution >= 4 is 0 Å². The van der Waals surface area contributed by atoms with Crippen LogP contribution in [0.25, 0.3) is 0 Å². The van der Waals surface area contributed by atoms with E-state index in [-0.39, 0.29) is 0 Å². The summed E-state index contributed by atoms with van der Waals surface area (Å²) in [5, 5.41) is 3.44. The first kappa shape index (κ1) is 11.7. The number of aryl methyl sites for hydroxylation is 2. The Balaban J connectivity index is 2.19. The number of rotatable bonds is 2. The van der Waals surface area contributed by atoms with Crippen molar-refractivity contribution in [3.05, 3.63) is 34.9 Å². The molecule has 16 heavy (non-hydrogen) atoms. The summed E-state index contributed by atoms with van der Waals surface area (Å²) in [4.78, 5) is 0. The standard InChI is InChI=1S/C15H23N/c1-11-7-8-12(2)15(9-11)13-5-4-6-14(10-13)16-3/h7-9,13-14,16H,4-6,10H2,1-3H3. The van der Waals surface area contributed by atoms with Crippen LogP contribution in [0, 0.1) is 13.8 Å². The van der Waals surface area contributed by atoms with E-state index in [1.54, 1.807) is 5.56 Å². The van der Waals surface area contributed by atoms with E-state index in [1.165, 1.54) is 36.8 Å². The van der Waals surface area contributed by atoms with Crippen LogP contribution in [0.4, 0.5) is 0 Å². The number of benzene rings is 1. The first-order valence-corrected chi connectivity index (χ1v) is 6.45. The fraction of sp³-hybridized carbons (Fsp3) is 0.600. The highest BCUT2D eigenvalue weighted by atomic mass is 14.9. The van der Waals surface area contributed by atoms with Crippen LogP contribution in [0.2, 0.25) is 0 Å². The Hall–Kier alpha value is -0.820. The molecule has 2 rings (SSSR count). The molecular weight excluding hydrogens is 194 g/mol. The Kier molecular flexibility index (Phi) is 3.65. The lowest BCUT2D eigenvalue weighted by Gasteiger charge is -2.30. The van der Waals surface area contributed by atoms with Crippen LogP contribution in [0.1, 0.15) is 48.3 Å². The topological polar surface area (TPSA) is 12.0 Å². The van der Waals surface area contributed by atoms with Gasteiger partial charge in [0.15, 0.2) is 0 Å². The normalized spacial score (nSPS) is 25.7. The first-order valence-electron chi connectivity index (χ1n) is 6.45. The molecule has 1 heteroatoms. The highest BCUT2D eigenvalue weighted by Gasteiger charge is 2.23. The van der Waals surface area contributed by atoms with Crippen LogP contribution in [-0.4, -0.2) is 13.1 Å². The molecule has 0 amide bonds. The molecule has 1 aliphatic rings. The average molecular weight is 217 g/mol. The smallest absolute Gasteiger partial charge is 0.00698 e. The second-order valence-corrected chi connectivity index (χ2v) is 5.21. The third-order valence-corrected chi connectivity index (χ3v) is 3.96. The summed E-state index contributed by atoms with van der Waals surface area (Å²) in [6, 6.07) is 7.60. The molecule has 0 bridgehead atoms. The first-order chi connectivity index (χ1) is 7.70. The van der Waals surface area contributed by atoms with E-state index in [9.17, 15) is 0 Å². The van der Waals surface area contributed by atoms with Crippen LogP contribution in [-0.2, 0) is 0 Å². The monoisotopic (exact) mass is 217 g/mol. The van der Waals surface area contributed by atoms with Gasteiger partial charge in [0.05, 0.1) is 0 Å². The largest absolute Gasteiger partial charge is 0.317 e. The molecule has 0 saturated heterocycles. The van der Waals surface area contributed by atoms with Gasteiger partial charge in [0.1, 0.15) is 0 Å². The van der Waals surface area contributed by atoms with Crippen molar-refractivity contribution in [3.63, 3.8) is 0 Å². The van der Waals surface area contributed by atoms with E-state index in [0.29, 0.717) is 0 Å². The van der Waals surface area contributed by atoms with Gasteiger partial charge in [-0.1, -0.05) is 30.2 Å². The van der Waals surface area contributed by atoms with Gasteiger partial charge in [-0.25, -0.2) is 0 Å². The Labute approximate surface area is 99.3 Å². The summed E-state index contributed by atoms with van der Waals surface area (Å²) in [5.41, 5.74) is 4.44. The van der Waals surface area contributed by atoms with Crippen molar-refractivity contribution in [3.8, 4) is 0 Å². The van der Waals surface area contributed by atoms with E-state index < -0.39 is 0 Å². The predicted molar refractivity (Wildman–Crippen MR) is 70.0 cm³/mol. The molecule has 0 radical (unpaired) electrons. The maximum atomic E-state index is 3.44. The molecule has 0 aliphatic heterocycles. The summed E-state index contributed by atoms with van der Waals surface area (Å²) in [6.07, 6.45) is 5.38. The summed E-state index contributed by atoms with van der Waals surface area (Å²) in [7, 11) is 2.09. The van der Waals surface area contributed by atoms with Crippen molar-refractivity contribution in [1.29, 1.82) is 0 Å². The van der Waals surface area contributed by atoms with E-state index in [1.807, 2.05) is 0 Å². The van der Waals surface area contributed by atoms with Gasteiger partial charge in [-0.3, -0.25) is 0 Å². The molecule has 1 fully saturated rings. The molecule has 1 nitrogen and oxygen atoms in total. The van der Waals surface area contributed by atoms with Gasteiger partial charge in [-0.05, 0) is 57.2 Å². The zero-order chi connectivity index (χ0) is 11.5. The SMILES string of the molecule is CNC1CCCC(c2cc(C)ccc2C)C1. The van der Waals surface area contributed by atoms with Crippen LogP contribution in [0.15, 0.2) is 18.2 Å². The molecule has 2 unspecified atom stereocenters. The second-order valence-electron chi connectivity index (χ2n) is 5.21. The quantitative estimate of drug-likeness (QED) is 0.799. The molecule has 1 N–H and O–H groups in total. The Morgan fingerprint density at radius 1 is 1.19 bits per heavy atom. The van der Waals surface area contributed by atoms with Gasteiger partial charge in [-0.2, -0.15) is 0 Å². The Morgan fingerprint density at radius 2 is 2.00 bits per heavy atom. The minimum absolute atomic E-state index is 0.721. The maximum absolute atomic E-state index is 3.44. The fourth-order valence-electron chi connectivity index (χ4n) is 2.93. The van der Waals surface area contributed by atoms with Crippen LogP contribution < -0.4 is 5.32 Å². The van der Waals surface area contributed by atoms with E-state index >= 15 is 0 Å². The predicted octanol–water partition coefficient (Wildman–Crippen LogP) is 3.55. The Morgan fingerprint density at radius 3 is 2.75 bits per heavy atom. The number of hydrogen-bond donors (Lipinski definition) is 1. The molecule has 0 spiro atoms. The van der Waals surface area contributed by atoms with Gasteiger partial charge < -0.3 is 5.32 Å². The molecular formula is C15H23N. The van der Waals surface area contributed by atoms with Crippen molar-refractivity contribution in [2.24, 2.45) is 0 Å².